The number of amides is 2. The number of anilines is 3. The van der Waals surface area contributed by atoms with Gasteiger partial charge < -0.3 is 5.32 Å². The van der Waals surface area contributed by atoms with Crippen molar-refractivity contribution in [2.75, 3.05) is 10.2 Å². The molecular weight excluding hydrogens is 318 g/mol. The Bertz CT molecular complexity index is 883. The van der Waals surface area contributed by atoms with Crippen molar-refractivity contribution in [3.05, 3.63) is 95.0 Å². The summed E-state index contributed by atoms with van der Waals surface area (Å²) in [6.07, 6.45) is 0. The second kappa shape index (κ2) is 7.27. The van der Waals surface area contributed by atoms with Crippen molar-refractivity contribution in [3.63, 3.8) is 0 Å². The lowest BCUT2D eigenvalue weighted by molar-refractivity contribution is -0.384. The van der Waals surface area contributed by atoms with Crippen LogP contribution in [-0.2, 0) is 0 Å². The van der Waals surface area contributed by atoms with E-state index in [-0.39, 0.29) is 11.4 Å². The van der Waals surface area contributed by atoms with Gasteiger partial charge in [0, 0.05) is 11.8 Å². The first-order valence-corrected chi connectivity index (χ1v) is 7.61. The topological polar surface area (TPSA) is 75.5 Å². The molecule has 3 rings (SSSR count). The molecule has 3 aromatic carbocycles. The zero-order valence-electron chi connectivity index (χ0n) is 13.2. The predicted molar refractivity (Wildman–Crippen MR) is 97.1 cm³/mol. The van der Waals surface area contributed by atoms with E-state index < -0.39 is 11.0 Å². The molecule has 1 N–H and O–H groups in total. The van der Waals surface area contributed by atoms with E-state index in [9.17, 15) is 14.9 Å². The van der Waals surface area contributed by atoms with E-state index in [1.165, 1.54) is 11.0 Å². The van der Waals surface area contributed by atoms with Crippen molar-refractivity contribution in [3.8, 4) is 0 Å². The number of carbonyl (C=O) groups is 1. The Labute approximate surface area is 144 Å². The van der Waals surface area contributed by atoms with Gasteiger partial charge in [-0.1, -0.05) is 48.5 Å². The van der Waals surface area contributed by atoms with Gasteiger partial charge >= 0.3 is 6.03 Å². The van der Waals surface area contributed by atoms with Crippen molar-refractivity contribution in [2.45, 2.75) is 0 Å². The maximum atomic E-state index is 12.9. The van der Waals surface area contributed by atoms with Crippen LogP contribution in [0.3, 0.4) is 0 Å². The Balaban J connectivity index is 2.05. The fourth-order valence-electron chi connectivity index (χ4n) is 2.45. The summed E-state index contributed by atoms with van der Waals surface area (Å²) < 4.78 is 0. The summed E-state index contributed by atoms with van der Waals surface area (Å²) in [6.45, 7) is 0. The molecule has 0 aliphatic carbocycles. The Hall–Kier alpha value is -3.67. The van der Waals surface area contributed by atoms with Gasteiger partial charge in [0.15, 0.2) is 0 Å². The fraction of sp³-hybridized carbons (Fsp3) is 0. The highest BCUT2D eigenvalue weighted by molar-refractivity contribution is 6.08. The standard InChI is InChI=1S/C19H15N3O3/c23-19(20-15-9-3-1-4-10-15)21(16-11-5-2-6-12-16)17-13-7-8-14-18(17)22(24)25/h1-14H,(H,20,23). The molecule has 2 amide bonds. The molecular formula is C19H15N3O3. The Kier molecular flexibility index (Phi) is 4.71. The quantitative estimate of drug-likeness (QED) is 0.541. The van der Waals surface area contributed by atoms with Gasteiger partial charge in [-0.05, 0) is 30.3 Å². The number of hydrogen-bond acceptors (Lipinski definition) is 3. The van der Waals surface area contributed by atoms with Crippen LogP contribution in [-0.4, -0.2) is 11.0 Å². The van der Waals surface area contributed by atoms with Crippen molar-refractivity contribution >= 4 is 28.8 Å². The number of hydrogen-bond donors (Lipinski definition) is 1. The van der Waals surface area contributed by atoms with E-state index in [1.54, 1.807) is 66.7 Å². The molecule has 0 heterocycles. The van der Waals surface area contributed by atoms with Gasteiger partial charge in [-0.2, -0.15) is 0 Å². The lowest BCUT2D eigenvalue weighted by atomic mass is 10.2. The van der Waals surface area contributed by atoms with E-state index in [2.05, 4.69) is 5.32 Å². The largest absolute Gasteiger partial charge is 0.331 e. The van der Waals surface area contributed by atoms with Crippen molar-refractivity contribution in [2.24, 2.45) is 0 Å². The highest BCUT2D eigenvalue weighted by atomic mass is 16.6. The lowest BCUT2D eigenvalue weighted by Crippen LogP contribution is -2.31. The molecule has 3 aromatic rings. The predicted octanol–water partition coefficient (Wildman–Crippen LogP) is 4.97. The first-order chi connectivity index (χ1) is 12.2. The maximum absolute atomic E-state index is 12.9. The Morgan fingerprint density at radius 1 is 0.840 bits per heavy atom. The van der Waals surface area contributed by atoms with Gasteiger partial charge in [0.2, 0.25) is 0 Å². The van der Waals surface area contributed by atoms with Gasteiger partial charge in [-0.3, -0.25) is 15.0 Å². The minimum Gasteiger partial charge on any atom is -0.307 e. The van der Waals surface area contributed by atoms with E-state index in [0.29, 0.717) is 11.4 Å². The van der Waals surface area contributed by atoms with Crippen LogP contribution < -0.4 is 10.2 Å². The molecule has 0 atom stereocenters. The number of nitro benzene ring substituents is 1. The van der Waals surface area contributed by atoms with Crippen LogP contribution in [0.5, 0.6) is 0 Å². The molecule has 0 saturated carbocycles. The Morgan fingerprint density at radius 2 is 1.40 bits per heavy atom. The number of nitro groups is 1. The van der Waals surface area contributed by atoms with Crippen LogP contribution in [0.4, 0.5) is 27.5 Å². The van der Waals surface area contributed by atoms with Gasteiger partial charge in [0.25, 0.3) is 5.69 Å². The van der Waals surface area contributed by atoms with Crippen LogP contribution in [0.2, 0.25) is 0 Å². The zero-order chi connectivity index (χ0) is 17.6. The van der Waals surface area contributed by atoms with Crippen molar-refractivity contribution in [1.82, 2.24) is 0 Å². The monoisotopic (exact) mass is 333 g/mol. The van der Waals surface area contributed by atoms with Crippen LogP contribution in [0.25, 0.3) is 0 Å². The molecule has 0 radical (unpaired) electrons. The molecule has 6 heteroatoms. The first-order valence-electron chi connectivity index (χ1n) is 7.61. The second-order valence-electron chi connectivity index (χ2n) is 5.21. The SMILES string of the molecule is O=C(Nc1ccccc1)N(c1ccccc1)c1ccccc1[N+](=O)[O-]. The maximum Gasteiger partial charge on any atom is 0.331 e. The first kappa shape index (κ1) is 16.2. The summed E-state index contributed by atoms with van der Waals surface area (Å²) >= 11 is 0. The third kappa shape index (κ3) is 3.64. The highest BCUT2D eigenvalue weighted by Gasteiger charge is 2.25. The normalized spacial score (nSPS) is 10.1. The van der Waals surface area contributed by atoms with Crippen LogP contribution in [0.1, 0.15) is 0 Å². The average Bonchev–Trinajstić information content (AvgIpc) is 2.64. The van der Waals surface area contributed by atoms with Crippen LogP contribution in [0.15, 0.2) is 84.9 Å². The van der Waals surface area contributed by atoms with E-state index in [0.717, 1.165) is 0 Å². The summed E-state index contributed by atoms with van der Waals surface area (Å²) in [4.78, 5) is 25.1. The summed E-state index contributed by atoms with van der Waals surface area (Å²) in [7, 11) is 0. The van der Waals surface area contributed by atoms with E-state index in [4.69, 9.17) is 0 Å². The molecule has 0 bridgehead atoms. The number of nitrogens with zero attached hydrogens (tertiary/aromatic N) is 2. The second-order valence-corrected chi connectivity index (χ2v) is 5.21. The minimum absolute atomic E-state index is 0.144. The number of nitrogens with one attached hydrogen (secondary N) is 1. The van der Waals surface area contributed by atoms with Crippen LogP contribution >= 0.6 is 0 Å². The van der Waals surface area contributed by atoms with E-state index >= 15 is 0 Å². The molecule has 0 aliphatic heterocycles. The molecule has 0 fully saturated rings. The summed E-state index contributed by atoms with van der Waals surface area (Å²) in [5, 5.41) is 14.2. The minimum atomic E-state index is -0.499. The molecule has 0 spiro atoms. The number of para-hydroxylation sites is 4. The molecule has 6 nitrogen and oxygen atoms in total. The average molecular weight is 333 g/mol. The van der Waals surface area contributed by atoms with Crippen molar-refractivity contribution < 1.29 is 9.72 Å². The lowest BCUT2D eigenvalue weighted by Gasteiger charge is -2.23. The third-order valence-electron chi connectivity index (χ3n) is 3.56. The van der Waals surface area contributed by atoms with E-state index in [1.807, 2.05) is 12.1 Å². The van der Waals surface area contributed by atoms with Gasteiger partial charge in [-0.15, -0.1) is 0 Å². The Morgan fingerprint density at radius 3 is 2.04 bits per heavy atom. The number of urea groups is 1. The zero-order valence-corrected chi connectivity index (χ0v) is 13.2. The van der Waals surface area contributed by atoms with Gasteiger partial charge in [0.1, 0.15) is 5.69 Å². The molecule has 0 unspecified atom stereocenters. The highest BCUT2D eigenvalue weighted by Crippen LogP contribution is 2.33. The smallest absolute Gasteiger partial charge is 0.307 e. The molecule has 124 valence electrons. The van der Waals surface area contributed by atoms with Crippen LogP contribution in [0, 0.1) is 10.1 Å². The third-order valence-corrected chi connectivity index (χ3v) is 3.56. The molecule has 0 aliphatic rings. The number of carbonyl (C=O) groups excluding carboxylic acids is 1. The van der Waals surface area contributed by atoms with Gasteiger partial charge in [-0.25, -0.2) is 4.79 Å². The molecule has 0 aromatic heterocycles. The molecule has 25 heavy (non-hydrogen) atoms. The number of rotatable bonds is 4. The summed E-state index contributed by atoms with van der Waals surface area (Å²) in [5.41, 5.74) is 1.19. The van der Waals surface area contributed by atoms with Crippen molar-refractivity contribution in [1.29, 1.82) is 0 Å². The number of benzene rings is 3. The van der Waals surface area contributed by atoms with Gasteiger partial charge in [0.05, 0.1) is 10.6 Å². The fourth-order valence-corrected chi connectivity index (χ4v) is 2.45. The molecule has 0 saturated heterocycles. The summed E-state index contributed by atoms with van der Waals surface area (Å²) in [5.74, 6) is 0. The summed E-state index contributed by atoms with van der Waals surface area (Å²) in [6, 6.07) is 23.4.